The van der Waals surface area contributed by atoms with Gasteiger partial charge in [-0.3, -0.25) is 0 Å². The van der Waals surface area contributed by atoms with E-state index in [0.717, 1.165) is 6.07 Å². The van der Waals surface area contributed by atoms with Gasteiger partial charge in [0.15, 0.2) is 0 Å². The Morgan fingerprint density at radius 2 is 1.71 bits per heavy atom. The Kier molecular flexibility index (Phi) is 3.59. The number of rotatable bonds is 3. The van der Waals surface area contributed by atoms with Crippen molar-refractivity contribution in [1.82, 2.24) is 9.55 Å². The molecule has 3 aromatic rings. The van der Waals surface area contributed by atoms with E-state index in [1.165, 1.54) is 24.3 Å². The molecule has 1 aromatic heterocycles. The predicted octanol–water partition coefficient (Wildman–Crippen LogP) is 4.24. The minimum Gasteiger partial charge on any atom is -0.322 e. The Bertz CT molecular complexity index is 814. The zero-order valence-electron chi connectivity index (χ0n) is 10.8. The van der Waals surface area contributed by atoms with Crippen molar-refractivity contribution in [1.29, 1.82) is 0 Å². The number of halogens is 4. The smallest absolute Gasteiger partial charge is 0.131 e. The van der Waals surface area contributed by atoms with Crippen molar-refractivity contribution in [2.24, 2.45) is 0 Å². The number of aromatic nitrogens is 2. The van der Waals surface area contributed by atoms with Crippen molar-refractivity contribution >= 4 is 22.6 Å². The molecule has 0 atom stereocenters. The Balaban J connectivity index is 2.10. The van der Waals surface area contributed by atoms with E-state index in [1.807, 2.05) is 0 Å². The third-order valence-electron chi connectivity index (χ3n) is 3.25. The maximum absolute atomic E-state index is 13.8. The van der Waals surface area contributed by atoms with E-state index in [9.17, 15) is 13.2 Å². The van der Waals surface area contributed by atoms with Crippen molar-refractivity contribution in [3.8, 4) is 0 Å². The Morgan fingerprint density at radius 3 is 2.43 bits per heavy atom. The first-order valence-corrected chi connectivity index (χ1v) is 6.76. The van der Waals surface area contributed by atoms with Crippen LogP contribution in [0.15, 0.2) is 36.4 Å². The zero-order chi connectivity index (χ0) is 15.0. The van der Waals surface area contributed by atoms with Crippen LogP contribution in [0.2, 0.25) is 0 Å². The molecule has 108 valence electrons. The van der Waals surface area contributed by atoms with Gasteiger partial charge < -0.3 is 4.57 Å². The lowest BCUT2D eigenvalue weighted by Gasteiger charge is -2.09. The molecular formula is C15H10ClF3N2. The van der Waals surface area contributed by atoms with Crippen LogP contribution in [0.5, 0.6) is 0 Å². The molecule has 0 amide bonds. The number of hydrogen-bond donors (Lipinski definition) is 0. The molecule has 3 rings (SSSR count). The summed E-state index contributed by atoms with van der Waals surface area (Å²) < 4.78 is 41.6. The molecule has 0 saturated carbocycles. The molecule has 6 heteroatoms. The first-order valence-electron chi connectivity index (χ1n) is 6.23. The molecule has 0 spiro atoms. The second-order valence-corrected chi connectivity index (χ2v) is 4.88. The molecule has 0 N–H and O–H groups in total. The van der Waals surface area contributed by atoms with E-state index in [-0.39, 0.29) is 12.4 Å². The van der Waals surface area contributed by atoms with Crippen LogP contribution in [0.4, 0.5) is 13.2 Å². The van der Waals surface area contributed by atoms with Gasteiger partial charge in [-0.05, 0) is 18.2 Å². The summed E-state index contributed by atoms with van der Waals surface area (Å²) in [5, 5.41) is 0. The number of nitrogens with zero attached hydrogens (tertiary/aromatic N) is 2. The number of fused-ring (bicyclic) bond motifs is 1. The van der Waals surface area contributed by atoms with Gasteiger partial charge in [-0.15, -0.1) is 11.6 Å². The van der Waals surface area contributed by atoms with E-state index in [2.05, 4.69) is 4.98 Å². The lowest BCUT2D eigenvalue weighted by Crippen LogP contribution is -2.05. The second-order valence-electron chi connectivity index (χ2n) is 4.62. The SMILES string of the molecule is Fc1ccc(Cn2c(CCl)nc3cc(F)ccc32)c(F)c1. The fourth-order valence-corrected chi connectivity index (χ4v) is 2.46. The highest BCUT2D eigenvalue weighted by atomic mass is 35.5. The number of hydrogen-bond acceptors (Lipinski definition) is 1. The van der Waals surface area contributed by atoms with Crippen molar-refractivity contribution < 1.29 is 13.2 Å². The van der Waals surface area contributed by atoms with Crippen molar-refractivity contribution in [3.63, 3.8) is 0 Å². The van der Waals surface area contributed by atoms with Gasteiger partial charge in [0.25, 0.3) is 0 Å². The Morgan fingerprint density at radius 1 is 1.00 bits per heavy atom. The van der Waals surface area contributed by atoms with Crippen LogP contribution < -0.4 is 0 Å². The molecule has 0 unspecified atom stereocenters. The van der Waals surface area contributed by atoms with Gasteiger partial charge in [-0.1, -0.05) is 6.07 Å². The van der Waals surface area contributed by atoms with Crippen LogP contribution in [0.25, 0.3) is 11.0 Å². The predicted molar refractivity (Wildman–Crippen MR) is 74.7 cm³/mol. The van der Waals surface area contributed by atoms with Gasteiger partial charge >= 0.3 is 0 Å². The van der Waals surface area contributed by atoms with E-state index in [0.29, 0.717) is 22.4 Å². The van der Waals surface area contributed by atoms with Gasteiger partial charge in [-0.2, -0.15) is 0 Å². The lowest BCUT2D eigenvalue weighted by atomic mass is 10.2. The first-order chi connectivity index (χ1) is 10.1. The van der Waals surface area contributed by atoms with Gasteiger partial charge in [0.05, 0.1) is 23.5 Å². The fourth-order valence-electron chi connectivity index (χ4n) is 2.25. The van der Waals surface area contributed by atoms with E-state index in [4.69, 9.17) is 11.6 Å². The number of imidazole rings is 1. The minimum atomic E-state index is -0.639. The largest absolute Gasteiger partial charge is 0.322 e. The Labute approximate surface area is 123 Å². The number of benzene rings is 2. The molecule has 0 bridgehead atoms. The molecule has 0 fully saturated rings. The maximum atomic E-state index is 13.8. The van der Waals surface area contributed by atoms with Crippen LogP contribution in [-0.2, 0) is 12.4 Å². The Hall–Kier alpha value is -2.01. The molecule has 0 radical (unpaired) electrons. The summed E-state index contributed by atoms with van der Waals surface area (Å²) in [6.07, 6.45) is 0. The van der Waals surface area contributed by atoms with Crippen molar-refractivity contribution in [2.45, 2.75) is 12.4 Å². The summed E-state index contributed by atoms with van der Waals surface area (Å²) >= 11 is 5.84. The summed E-state index contributed by atoms with van der Waals surface area (Å²) in [6.45, 7) is 0.149. The average molecular weight is 311 g/mol. The number of alkyl halides is 1. The van der Waals surface area contributed by atoms with E-state index in [1.54, 1.807) is 10.6 Å². The van der Waals surface area contributed by atoms with Gasteiger partial charge in [0.2, 0.25) is 0 Å². The average Bonchev–Trinajstić information content (AvgIpc) is 2.79. The summed E-state index contributed by atoms with van der Waals surface area (Å²) in [5.41, 5.74) is 1.41. The summed E-state index contributed by atoms with van der Waals surface area (Å²) in [5.74, 6) is -1.06. The molecular weight excluding hydrogens is 301 g/mol. The lowest BCUT2D eigenvalue weighted by molar-refractivity contribution is 0.566. The molecule has 0 aliphatic rings. The normalized spacial score (nSPS) is 11.2. The second kappa shape index (κ2) is 5.41. The quantitative estimate of drug-likeness (QED) is 0.662. The molecule has 2 nitrogen and oxygen atoms in total. The maximum Gasteiger partial charge on any atom is 0.131 e. The molecule has 0 saturated heterocycles. The first kappa shape index (κ1) is 13.9. The topological polar surface area (TPSA) is 17.8 Å². The van der Waals surface area contributed by atoms with Gasteiger partial charge in [0, 0.05) is 17.7 Å². The summed E-state index contributed by atoms with van der Waals surface area (Å²) in [7, 11) is 0. The van der Waals surface area contributed by atoms with E-state index < -0.39 is 17.5 Å². The summed E-state index contributed by atoms with van der Waals surface area (Å²) in [4.78, 5) is 4.23. The fraction of sp³-hybridized carbons (Fsp3) is 0.133. The highest BCUT2D eigenvalue weighted by molar-refractivity contribution is 6.16. The van der Waals surface area contributed by atoms with Crippen LogP contribution in [-0.4, -0.2) is 9.55 Å². The van der Waals surface area contributed by atoms with Crippen LogP contribution in [0.3, 0.4) is 0 Å². The van der Waals surface area contributed by atoms with Crippen molar-refractivity contribution in [3.05, 3.63) is 65.2 Å². The third-order valence-corrected chi connectivity index (χ3v) is 3.49. The van der Waals surface area contributed by atoms with Crippen molar-refractivity contribution in [2.75, 3.05) is 0 Å². The molecule has 1 heterocycles. The van der Waals surface area contributed by atoms with Gasteiger partial charge in [0.1, 0.15) is 23.3 Å². The van der Waals surface area contributed by atoms with Crippen LogP contribution in [0.1, 0.15) is 11.4 Å². The standard InChI is InChI=1S/C15H10ClF3N2/c16-7-15-20-13-6-11(18)3-4-14(13)21(15)8-9-1-2-10(17)5-12(9)19/h1-6H,7-8H2. The van der Waals surface area contributed by atoms with Crippen LogP contribution >= 0.6 is 11.6 Å². The zero-order valence-corrected chi connectivity index (χ0v) is 11.5. The summed E-state index contributed by atoms with van der Waals surface area (Å²) in [6, 6.07) is 7.56. The molecule has 21 heavy (non-hydrogen) atoms. The van der Waals surface area contributed by atoms with Gasteiger partial charge in [-0.25, -0.2) is 18.2 Å². The third kappa shape index (κ3) is 2.61. The van der Waals surface area contributed by atoms with Crippen LogP contribution in [0, 0.1) is 17.5 Å². The molecule has 0 aliphatic carbocycles. The highest BCUT2D eigenvalue weighted by Gasteiger charge is 2.13. The molecule has 0 aliphatic heterocycles. The minimum absolute atomic E-state index is 0.110. The highest BCUT2D eigenvalue weighted by Crippen LogP contribution is 2.21. The monoisotopic (exact) mass is 310 g/mol. The van der Waals surface area contributed by atoms with E-state index >= 15 is 0 Å². The molecule has 2 aromatic carbocycles.